The van der Waals surface area contributed by atoms with Crippen LogP contribution < -0.4 is 16.8 Å². The number of amides is 1. The fourth-order valence-electron chi connectivity index (χ4n) is 1.94. The lowest BCUT2D eigenvalue weighted by Gasteiger charge is -2.13. The molecule has 2 rings (SSSR count). The summed E-state index contributed by atoms with van der Waals surface area (Å²) in [7, 11) is 0. The molecule has 0 saturated heterocycles. The maximum atomic E-state index is 11.2. The van der Waals surface area contributed by atoms with Gasteiger partial charge in [-0.2, -0.15) is 0 Å². The summed E-state index contributed by atoms with van der Waals surface area (Å²) in [5.74, 6) is -0.0130. The topological polar surface area (TPSA) is 114 Å². The Kier molecular flexibility index (Phi) is 4.39. The van der Waals surface area contributed by atoms with Crippen LogP contribution in [0.25, 0.3) is 0 Å². The number of aliphatic hydroxyl groups excluding tert-OH is 1. The molecule has 0 aliphatic heterocycles. The van der Waals surface area contributed by atoms with Crippen molar-refractivity contribution in [3.63, 3.8) is 0 Å². The van der Waals surface area contributed by atoms with Gasteiger partial charge in [0.2, 0.25) is 5.91 Å². The van der Waals surface area contributed by atoms with Gasteiger partial charge < -0.3 is 21.9 Å². The van der Waals surface area contributed by atoms with Crippen LogP contribution in [0.15, 0.2) is 36.4 Å². The number of aromatic nitrogens is 1. The van der Waals surface area contributed by atoms with Crippen molar-refractivity contribution in [1.29, 1.82) is 0 Å². The normalized spacial score (nSPS) is 11.9. The molecule has 2 aromatic rings. The summed E-state index contributed by atoms with van der Waals surface area (Å²) < 4.78 is 0. The van der Waals surface area contributed by atoms with Crippen LogP contribution in [0.1, 0.15) is 27.7 Å². The molecule has 6 heteroatoms. The highest BCUT2D eigenvalue weighted by Gasteiger charge is 2.09. The lowest BCUT2D eigenvalue weighted by molar-refractivity contribution is 0.1000. The van der Waals surface area contributed by atoms with Gasteiger partial charge >= 0.3 is 0 Å². The van der Waals surface area contributed by atoms with Crippen molar-refractivity contribution in [2.24, 2.45) is 5.73 Å². The molecule has 0 bridgehead atoms. The average Bonchev–Trinajstić information content (AvgIpc) is 2.45. The SMILES string of the molecule is Cc1cc(C(N)=O)cc(NCC(O)c2ccc(N)cc2)n1. The molecule has 6 nitrogen and oxygen atoms in total. The molecule has 0 saturated carbocycles. The number of aliphatic hydroxyl groups is 1. The van der Waals surface area contributed by atoms with E-state index in [-0.39, 0.29) is 6.54 Å². The summed E-state index contributed by atoms with van der Waals surface area (Å²) in [6, 6.07) is 10.2. The van der Waals surface area contributed by atoms with Crippen LogP contribution in [-0.4, -0.2) is 22.5 Å². The number of hydrogen-bond acceptors (Lipinski definition) is 5. The first-order valence-electron chi connectivity index (χ1n) is 6.51. The van der Waals surface area contributed by atoms with Crippen LogP contribution in [0.3, 0.4) is 0 Å². The molecule has 21 heavy (non-hydrogen) atoms. The van der Waals surface area contributed by atoms with Gasteiger partial charge in [-0.1, -0.05) is 12.1 Å². The minimum atomic E-state index is -0.704. The number of benzene rings is 1. The van der Waals surface area contributed by atoms with E-state index in [1.165, 1.54) is 0 Å². The van der Waals surface area contributed by atoms with Crippen molar-refractivity contribution < 1.29 is 9.90 Å². The Labute approximate surface area is 122 Å². The number of hydrogen-bond donors (Lipinski definition) is 4. The zero-order valence-corrected chi connectivity index (χ0v) is 11.7. The molecule has 0 fully saturated rings. The molecular formula is C15H18N4O2. The Morgan fingerprint density at radius 2 is 2.00 bits per heavy atom. The van der Waals surface area contributed by atoms with Crippen LogP contribution in [0, 0.1) is 6.92 Å². The maximum Gasteiger partial charge on any atom is 0.248 e. The van der Waals surface area contributed by atoms with E-state index in [0.717, 1.165) is 5.56 Å². The average molecular weight is 286 g/mol. The zero-order chi connectivity index (χ0) is 15.4. The van der Waals surface area contributed by atoms with Crippen LogP contribution in [0.5, 0.6) is 0 Å². The predicted octanol–water partition coefficient (Wildman–Crippen LogP) is 1.22. The van der Waals surface area contributed by atoms with Crippen molar-refractivity contribution >= 4 is 17.4 Å². The van der Waals surface area contributed by atoms with Gasteiger partial charge in [0.05, 0.1) is 6.10 Å². The second-order valence-corrected chi connectivity index (χ2v) is 4.81. The van der Waals surface area contributed by atoms with E-state index < -0.39 is 12.0 Å². The van der Waals surface area contributed by atoms with Gasteiger partial charge in [-0.25, -0.2) is 4.98 Å². The fourth-order valence-corrected chi connectivity index (χ4v) is 1.94. The Bertz CT molecular complexity index is 641. The minimum Gasteiger partial charge on any atom is -0.399 e. The van der Waals surface area contributed by atoms with Gasteiger partial charge in [-0.05, 0) is 36.8 Å². The van der Waals surface area contributed by atoms with Gasteiger partial charge in [0.1, 0.15) is 5.82 Å². The molecule has 0 spiro atoms. The molecular weight excluding hydrogens is 268 g/mol. The highest BCUT2D eigenvalue weighted by Crippen LogP contribution is 2.16. The Hall–Kier alpha value is -2.60. The number of carbonyl (C=O) groups excluding carboxylic acids is 1. The van der Waals surface area contributed by atoms with Crippen molar-refractivity contribution in [3.8, 4) is 0 Å². The zero-order valence-electron chi connectivity index (χ0n) is 11.7. The van der Waals surface area contributed by atoms with E-state index in [0.29, 0.717) is 22.8 Å². The number of carbonyl (C=O) groups is 1. The highest BCUT2D eigenvalue weighted by molar-refractivity contribution is 5.93. The van der Waals surface area contributed by atoms with Crippen molar-refractivity contribution in [3.05, 3.63) is 53.2 Å². The molecule has 0 aliphatic rings. The van der Waals surface area contributed by atoms with Crippen LogP contribution in [-0.2, 0) is 0 Å². The van der Waals surface area contributed by atoms with Crippen LogP contribution >= 0.6 is 0 Å². The predicted molar refractivity (Wildman–Crippen MR) is 81.8 cm³/mol. The lowest BCUT2D eigenvalue weighted by Crippen LogP contribution is -2.15. The number of nitrogens with zero attached hydrogens (tertiary/aromatic N) is 1. The quantitative estimate of drug-likeness (QED) is 0.617. The van der Waals surface area contributed by atoms with Gasteiger partial charge in [0.15, 0.2) is 0 Å². The minimum absolute atomic E-state index is 0.262. The molecule has 1 atom stereocenters. The molecule has 1 aromatic heterocycles. The largest absolute Gasteiger partial charge is 0.399 e. The first kappa shape index (κ1) is 14.8. The van der Waals surface area contributed by atoms with Crippen molar-refractivity contribution in [1.82, 2.24) is 4.98 Å². The number of primary amides is 1. The summed E-state index contributed by atoms with van der Waals surface area (Å²) in [5, 5.41) is 13.1. The van der Waals surface area contributed by atoms with E-state index >= 15 is 0 Å². The third kappa shape index (κ3) is 3.93. The number of pyridine rings is 1. The third-order valence-electron chi connectivity index (χ3n) is 3.04. The molecule has 1 heterocycles. The van der Waals surface area contributed by atoms with E-state index in [1.807, 2.05) is 0 Å². The van der Waals surface area contributed by atoms with Gasteiger partial charge in [-0.15, -0.1) is 0 Å². The van der Waals surface area contributed by atoms with E-state index in [1.54, 1.807) is 43.3 Å². The number of anilines is 2. The summed E-state index contributed by atoms with van der Waals surface area (Å²) in [4.78, 5) is 15.4. The van der Waals surface area contributed by atoms with Gasteiger partial charge in [0.25, 0.3) is 0 Å². The molecule has 110 valence electrons. The second kappa shape index (κ2) is 6.23. The van der Waals surface area contributed by atoms with Crippen molar-refractivity contribution in [2.45, 2.75) is 13.0 Å². The Morgan fingerprint density at radius 1 is 1.33 bits per heavy atom. The molecule has 0 radical (unpaired) electrons. The highest BCUT2D eigenvalue weighted by atomic mass is 16.3. The molecule has 0 aliphatic carbocycles. The lowest BCUT2D eigenvalue weighted by atomic mass is 10.1. The number of aryl methyl sites for hydroxylation is 1. The smallest absolute Gasteiger partial charge is 0.248 e. The summed E-state index contributed by atoms with van der Waals surface area (Å²) >= 11 is 0. The fraction of sp³-hybridized carbons (Fsp3) is 0.200. The summed E-state index contributed by atoms with van der Waals surface area (Å²) in [6.07, 6.45) is -0.704. The number of nitrogen functional groups attached to an aromatic ring is 1. The van der Waals surface area contributed by atoms with Crippen LogP contribution in [0.2, 0.25) is 0 Å². The number of nitrogens with two attached hydrogens (primary N) is 2. The number of nitrogens with one attached hydrogen (secondary N) is 1. The molecule has 6 N–H and O–H groups in total. The standard InChI is InChI=1S/C15H18N4O2/c1-9-6-11(15(17)21)7-14(19-9)18-8-13(20)10-2-4-12(16)5-3-10/h2-7,13,20H,8,16H2,1H3,(H2,17,21)(H,18,19). The number of rotatable bonds is 5. The van der Waals surface area contributed by atoms with Crippen LogP contribution in [0.4, 0.5) is 11.5 Å². The van der Waals surface area contributed by atoms with Gasteiger partial charge in [0, 0.05) is 23.5 Å². The van der Waals surface area contributed by atoms with E-state index in [9.17, 15) is 9.90 Å². The second-order valence-electron chi connectivity index (χ2n) is 4.81. The third-order valence-corrected chi connectivity index (χ3v) is 3.04. The van der Waals surface area contributed by atoms with E-state index in [4.69, 9.17) is 11.5 Å². The first-order chi connectivity index (χ1) is 9.95. The molecule has 1 amide bonds. The molecule has 1 aromatic carbocycles. The Morgan fingerprint density at radius 3 is 2.62 bits per heavy atom. The Balaban J connectivity index is 2.05. The van der Waals surface area contributed by atoms with E-state index in [2.05, 4.69) is 10.3 Å². The monoisotopic (exact) mass is 286 g/mol. The first-order valence-corrected chi connectivity index (χ1v) is 6.51. The maximum absolute atomic E-state index is 11.2. The summed E-state index contributed by atoms with van der Waals surface area (Å²) in [6.45, 7) is 2.03. The van der Waals surface area contributed by atoms with Crippen molar-refractivity contribution in [2.75, 3.05) is 17.6 Å². The van der Waals surface area contributed by atoms with Gasteiger partial charge in [-0.3, -0.25) is 4.79 Å². The summed E-state index contributed by atoms with van der Waals surface area (Å²) in [5.41, 5.74) is 13.3. The molecule has 1 unspecified atom stereocenters.